The van der Waals surface area contributed by atoms with Crippen LogP contribution in [0.3, 0.4) is 0 Å². The molecule has 7 heteroatoms. The van der Waals surface area contributed by atoms with Crippen molar-refractivity contribution < 1.29 is 9.18 Å². The Hall–Kier alpha value is -3.35. The van der Waals surface area contributed by atoms with Gasteiger partial charge in [0, 0.05) is 35.6 Å². The first-order valence-electron chi connectivity index (χ1n) is 10.5. The Morgan fingerprint density at radius 1 is 1.13 bits per heavy atom. The molecule has 3 aromatic rings. The van der Waals surface area contributed by atoms with Crippen LogP contribution in [0, 0.1) is 12.7 Å². The van der Waals surface area contributed by atoms with E-state index in [0.717, 1.165) is 36.8 Å². The highest BCUT2D eigenvalue weighted by Gasteiger charge is 2.36. The van der Waals surface area contributed by atoms with E-state index in [1.54, 1.807) is 43.6 Å². The van der Waals surface area contributed by atoms with Gasteiger partial charge in [-0.25, -0.2) is 9.37 Å². The smallest absolute Gasteiger partial charge is 0.254 e. The molecule has 2 N–H and O–H groups in total. The van der Waals surface area contributed by atoms with E-state index in [0.29, 0.717) is 23.5 Å². The maximum atomic E-state index is 13.4. The lowest BCUT2D eigenvalue weighted by molar-refractivity contribution is -0.123. The lowest BCUT2D eigenvalue weighted by Crippen LogP contribution is -2.44. The summed E-state index contributed by atoms with van der Waals surface area (Å²) in [6.07, 6.45) is 7.44. The Bertz CT molecular complexity index is 1120. The summed E-state index contributed by atoms with van der Waals surface area (Å²) in [5.41, 5.74) is 2.13. The van der Waals surface area contributed by atoms with Gasteiger partial charge in [0.25, 0.3) is 5.56 Å². The zero-order valence-corrected chi connectivity index (χ0v) is 17.5. The predicted molar refractivity (Wildman–Crippen MR) is 116 cm³/mol. The summed E-state index contributed by atoms with van der Waals surface area (Å²) < 4.78 is 13.4. The van der Waals surface area contributed by atoms with E-state index in [-0.39, 0.29) is 23.7 Å². The molecule has 31 heavy (non-hydrogen) atoms. The van der Waals surface area contributed by atoms with Gasteiger partial charge >= 0.3 is 0 Å². The second-order valence-electron chi connectivity index (χ2n) is 8.06. The van der Waals surface area contributed by atoms with Crippen molar-refractivity contribution in [3.63, 3.8) is 0 Å². The highest BCUT2D eigenvalue weighted by molar-refractivity contribution is 5.77. The number of amides is 1. The number of halogens is 1. The van der Waals surface area contributed by atoms with E-state index in [2.05, 4.69) is 20.3 Å². The van der Waals surface area contributed by atoms with Crippen molar-refractivity contribution in [2.45, 2.75) is 51.0 Å². The highest BCUT2D eigenvalue weighted by Crippen LogP contribution is 2.38. The lowest BCUT2D eigenvalue weighted by atomic mass is 9.88. The molecule has 4 rings (SSSR count). The number of nitrogens with one attached hydrogen (secondary N) is 2. The molecule has 0 bridgehead atoms. The van der Waals surface area contributed by atoms with Gasteiger partial charge in [-0.2, -0.15) is 0 Å². The van der Waals surface area contributed by atoms with E-state index >= 15 is 0 Å². The number of aryl methyl sites for hydroxylation is 1. The minimum atomic E-state index is -0.463. The normalized spacial score (nSPS) is 15.0. The molecular formula is C24H25FN4O2. The number of pyridine rings is 1. The number of nitrogens with zero attached hydrogens (tertiary/aromatic N) is 2. The van der Waals surface area contributed by atoms with E-state index in [4.69, 9.17) is 0 Å². The van der Waals surface area contributed by atoms with Crippen LogP contribution in [-0.4, -0.2) is 20.9 Å². The van der Waals surface area contributed by atoms with Crippen LogP contribution in [0.15, 0.2) is 53.6 Å². The molecule has 1 saturated carbocycles. The molecule has 2 aromatic heterocycles. The predicted octanol–water partition coefficient (Wildman–Crippen LogP) is 3.80. The van der Waals surface area contributed by atoms with Gasteiger partial charge in [-0.15, -0.1) is 0 Å². The summed E-state index contributed by atoms with van der Waals surface area (Å²) in [6, 6.07) is 9.92. The van der Waals surface area contributed by atoms with Gasteiger partial charge in [-0.05, 0) is 56.0 Å². The zero-order chi connectivity index (χ0) is 21.8. The molecule has 0 atom stereocenters. The summed E-state index contributed by atoms with van der Waals surface area (Å²) in [6.45, 7) is 1.78. The van der Waals surface area contributed by atoms with Crippen LogP contribution in [-0.2, 0) is 16.8 Å². The molecule has 1 amide bonds. The molecule has 6 nitrogen and oxygen atoms in total. The first-order valence-corrected chi connectivity index (χ1v) is 10.5. The summed E-state index contributed by atoms with van der Waals surface area (Å²) in [7, 11) is 0. The van der Waals surface area contributed by atoms with Crippen LogP contribution in [0.2, 0.25) is 0 Å². The molecule has 0 saturated heterocycles. The Balaban J connectivity index is 1.47. The van der Waals surface area contributed by atoms with Crippen LogP contribution in [0.4, 0.5) is 4.39 Å². The van der Waals surface area contributed by atoms with Crippen molar-refractivity contribution in [1.29, 1.82) is 0 Å². The van der Waals surface area contributed by atoms with Crippen molar-refractivity contribution in [2.24, 2.45) is 0 Å². The van der Waals surface area contributed by atoms with Gasteiger partial charge in [-0.3, -0.25) is 14.6 Å². The lowest BCUT2D eigenvalue weighted by Gasteiger charge is -2.31. The number of hydrogen-bond donors (Lipinski definition) is 2. The summed E-state index contributed by atoms with van der Waals surface area (Å²) in [5, 5.41) is 3.17. The molecule has 1 fully saturated rings. The number of carbonyl (C=O) groups excluding carboxylic acids is 1. The fourth-order valence-electron chi connectivity index (χ4n) is 4.35. The van der Waals surface area contributed by atoms with Crippen molar-refractivity contribution in [3.8, 4) is 11.4 Å². The fraction of sp³-hybridized carbons (Fsp3) is 0.333. The number of hydrogen-bond acceptors (Lipinski definition) is 4. The van der Waals surface area contributed by atoms with Gasteiger partial charge < -0.3 is 10.3 Å². The van der Waals surface area contributed by atoms with Crippen LogP contribution in [0.25, 0.3) is 11.4 Å². The second-order valence-corrected chi connectivity index (χ2v) is 8.06. The maximum absolute atomic E-state index is 13.4. The highest BCUT2D eigenvalue weighted by atomic mass is 19.1. The van der Waals surface area contributed by atoms with E-state index in [1.165, 1.54) is 12.1 Å². The van der Waals surface area contributed by atoms with Crippen molar-refractivity contribution >= 4 is 5.91 Å². The minimum Gasteiger partial charge on any atom is -0.347 e. The Kier molecular flexibility index (Phi) is 5.93. The third-order valence-electron chi connectivity index (χ3n) is 6.01. The third kappa shape index (κ3) is 4.55. The summed E-state index contributed by atoms with van der Waals surface area (Å²) >= 11 is 0. The van der Waals surface area contributed by atoms with Crippen molar-refractivity contribution in [3.05, 3.63) is 81.8 Å². The monoisotopic (exact) mass is 420 g/mol. The van der Waals surface area contributed by atoms with Crippen LogP contribution >= 0.6 is 0 Å². The third-order valence-corrected chi connectivity index (χ3v) is 6.01. The Labute approximate surface area is 180 Å². The number of aromatic nitrogens is 3. The van der Waals surface area contributed by atoms with Crippen molar-refractivity contribution in [1.82, 2.24) is 20.3 Å². The molecular weight excluding hydrogens is 395 g/mol. The van der Waals surface area contributed by atoms with Gasteiger partial charge in [-0.1, -0.05) is 25.0 Å². The van der Waals surface area contributed by atoms with Crippen LogP contribution in [0.1, 0.15) is 48.9 Å². The summed E-state index contributed by atoms with van der Waals surface area (Å²) in [4.78, 5) is 36.7. The average Bonchev–Trinajstić information content (AvgIpc) is 3.23. The first kappa shape index (κ1) is 20.9. The average molecular weight is 420 g/mol. The molecule has 1 aliphatic rings. The molecule has 2 heterocycles. The van der Waals surface area contributed by atoms with Gasteiger partial charge in [0.15, 0.2) is 0 Å². The van der Waals surface area contributed by atoms with E-state index in [9.17, 15) is 14.0 Å². The second kappa shape index (κ2) is 8.79. The SMILES string of the molecule is Cc1nc(-c2ccncc2)[nH]c(=O)c1CCC(=O)NC1(c2ccc(F)cc2)CCCC1. The first-order chi connectivity index (χ1) is 15.0. The quantitative estimate of drug-likeness (QED) is 0.635. The van der Waals surface area contributed by atoms with Gasteiger partial charge in [0.05, 0.1) is 5.54 Å². The van der Waals surface area contributed by atoms with E-state index < -0.39 is 5.54 Å². The van der Waals surface area contributed by atoms with Crippen LogP contribution < -0.4 is 10.9 Å². The standard InChI is InChI=1S/C24H25FN4O2/c1-16-20(23(31)28-22(27-16)17-10-14-26-15-11-17)8-9-21(30)29-24(12-2-3-13-24)18-4-6-19(25)7-5-18/h4-7,10-11,14-15H,2-3,8-9,12-13H2,1H3,(H,29,30)(H,27,28,31). The zero-order valence-electron chi connectivity index (χ0n) is 17.5. The number of rotatable bonds is 6. The number of aromatic amines is 1. The molecule has 160 valence electrons. The van der Waals surface area contributed by atoms with Gasteiger partial charge in [0.2, 0.25) is 5.91 Å². The van der Waals surface area contributed by atoms with Crippen molar-refractivity contribution in [2.75, 3.05) is 0 Å². The number of carbonyl (C=O) groups is 1. The Morgan fingerprint density at radius 3 is 2.45 bits per heavy atom. The fourth-order valence-corrected chi connectivity index (χ4v) is 4.35. The molecule has 1 aromatic carbocycles. The largest absolute Gasteiger partial charge is 0.347 e. The topological polar surface area (TPSA) is 87.7 Å². The maximum Gasteiger partial charge on any atom is 0.254 e. The minimum absolute atomic E-state index is 0.122. The summed E-state index contributed by atoms with van der Waals surface area (Å²) in [5.74, 6) is 0.0724. The molecule has 0 aliphatic heterocycles. The molecule has 1 aliphatic carbocycles. The van der Waals surface area contributed by atoms with Gasteiger partial charge in [0.1, 0.15) is 11.6 Å². The molecule has 0 unspecified atom stereocenters. The molecule has 0 radical (unpaired) electrons. The van der Waals surface area contributed by atoms with Crippen LogP contribution in [0.5, 0.6) is 0 Å². The number of benzene rings is 1. The van der Waals surface area contributed by atoms with E-state index in [1.807, 2.05) is 0 Å². The molecule has 0 spiro atoms. The number of H-pyrrole nitrogens is 1. The Morgan fingerprint density at radius 2 is 1.81 bits per heavy atom.